The molecule has 0 bridgehead atoms. The number of carboxylic acid groups (broad SMARTS) is 1. The first-order valence-electron chi connectivity index (χ1n) is 14.0. The molecule has 0 aliphatic carbocycles. The van der Waals surface area contributed by atoms with E-state index in [-0.39, 0.29) is 16.3 Å². The number of benzene rings is 5. The number of non-ortho nitro benzene ring substituents is 1. The summed E-state index contributed by atoms with van der Waals surface area (Å²) in [5, 5.41) is 23.6. The Labute approximate surface area is 274 Å². The fraction of sp³-hybridized carbons (Fsp3) is 0.0588. The van der Waals surface area contributed by atoms with E-state index in [9.17, 15) is 33.2 Å². The Morgan fingerprint density at radius 3 is 2.28 bits per heavy atom. The van der Waals surface area contributed by atoms with Crippen LogP contribution in [0.25, 0.3) is 11.1 Å². The highest BCUT2D eigenvalue weighted by Crippen LogP contribution is 2.34. The van der Waals surface area contributed by atoms with Gasteiger partial charge in [-0.3, -0.25) is 24.4 Å². The Balaban J connectivity index is 1.40. The van der Waals surface area contributed by atoms with Crippen molar-refractivity contribution in [3.05, 3.63) is 148 Å². The van der Waals surface area contributed by atoms with Crippen LogP contribution in [0.15, 0.2) is 126 Å². The lowest BCUT2D eigenvalue weighted by Crippen LogP contribution is -2.31. The molecule has 0 heterocycles. The maximum absolute atomic E-state index is 13.6. The van der Waals surface area contributed by atoms with E-state index in [2.05, 4.69) is 10.0 Å². The van der Waals surface area contributed by atoms with Gasteiger partial charge in [-0.15, -0.1) is 0 Å². The minimum atomic E-state index is -4.37. The zero-order chi connectivity index (χ0) is 33.6. The van der Waals surface area contributed by atoms with Crippen LogP contribution in [0.2, 0.25) is 5.02 Å². The number of amides is 1. The molecule has 0 aliphatic rings. The van der Waals surface area contributed by atoms with Crippen molar-refractivity contribution in [2.75, 3.05) is 4.72 Å². The number of sulfonamides is 1. The zero-order valence-electron chi connectivity index (χ0n) is 24.4. The highest BCUT2D eigenvalue weighted by Gasteiger charge is 2.24. The topological polar surface area (TPSA) is 165 Å². The molecule has 0 spiro atoms. The number of nitrogens with one attached hydrogen (secondary N) is 2. The Morgan fingerprint density at radius 1 is 0.872 bits per heavy atom. The first-order valence-corrected chi connectivity index (χ1v) is 15.9. The number of anilines is 1. The summed E-state index contributed by atoms with van der Waals surface area (Å²) in [6.07, 6.45) is -0.478. The third-order valence-corrected chi connectivity index (χ3v) is 8.57. The maximum atomic E-state index is 13.6. The van der Waals surface area contributed by atoms with E-state index in [4.69, 9.17) is 16.3 Å². The Morgan fingerprint density at radius 2 is 1.57 bits per heavy atom. The van der Waals surface area contributed by atoms with E-state index in [0.29, 0.717) is 17.1 Å². The van der Waals surface area contributed by atoms with Gasteiger partial charge in [0.1, 0.15) is 11.5 Å². The lowest BCUT2D eigenvalue weighted by molar-refractivity contribution is -0.385. The largest absolute Gasteiger partial charge is 0.481 e. The van der Waals surface area contributed by atoms with Gasteiger partial charge in [0, 0.05) is 22.7 Å². The minimum Gasteiger partial charge on any atom is -0.481 e. The summed E-state index contributed by atoms with van der Waals surface area (Å²) in [6.45, 7) is 0. The van der Waals surface area contributed by atoms with Crippen molar-refractivity contribution in [2.24, 2.45) is 0 Å². The number of ether oxygens (including phenoxy) is 1. The number of hydrogen-bond donors (Lipinski definition) is 3. The Kier molecular flexibility index (Phi) is 9.83. The maximum Gasteiger partial charge on any atom is 0.305 e. The van der Waals surface area contributed by atoms with Crippen LogP contribution < -0.4 is 14.8 Å². The van der Waals surface area contributed by atoms with Gasteiger partial charge < -0.3 is 15.2 Å². The summed E-state index contributed by atoms with van der Waals surface area (Å²) >= 11 is 6.15. The second-order valence-corrected chi connectivity index (χ2v) is 12.3. The molecule has 3 N–H and O–H groups in total. The van der Waals surface area contributed by atoms with Crippen molar-refractivity contribution < 1.29 is 32.8 Å². The van der Waals surface area contributed by atoms with E-state index in [0.717, 1.165) is 23.3 Å². The molecule has 0 fully saturated rings. The number of hydrogen-bond acceptors (Lipinski definition) is 7. The number of nitro groups is 1. The van der Waals surface area contributed by atoms with Gasteiger partial charge >= 0.3 is 5.97 Å². The van der Waals surface area contributed by atoms with Gasteiger partial charge in [-0.1, -0.05) is 78.3 Å². The zero-order valence-corrected chi connectivity index (χ0v) is 25.9. The number of nitrogens with zero attached hydrogens (tertiary/aromatic N) is 1. The number of rotatable bonds is 12. The van der Waals surface area contributed by atoms with Crippen molar-refractivity contribution in [3.63, 3.8) is 0 Å². The van der Waals surface area contributed by atoms with Crippen molar-refractivity contribution >= 4 is 44.9 Å². The summed E-state index contributed by atoms with van der Waals surface area (Å²) in [6, 6.07) is 30.9. The molecule has 0 aromatic heterocycles. The second kappa shape index (κ2) is 14.1. The first kappa shape index (κ1) is 32.7. The summed E-state index contributed by atoms with van der Waals surface area (Å²) in [7, 11) is -4.37. The third kappa shape index (κ3) is 8.12. The summed E-state index contributed by atoms with van der Waals surface area (Å²) < 4.78 is 34.6. The first-order chi connectivity index (χ1) is 22.5. The van der Waals surface area contributed by atoms with E-state index >= 15 is 0 Å². The van der Waals surface area contributed by atoms with Crippen molar-refractivity contribution in [2.45, 2.75) is 17.4 Å². The molecule has 5 rings (SSSR count). The van der Waals surface area contributed by atoms with E-state index in [1.54, 1.807) is 24.3 Å². The van der Waals surface area contributed by atoms with Crippen LogP contribution in [0.5, 0.6) is 11.5 Å². The number of aliphatic carboxylic acids is 1. The number of carbonyl (C=O) groups excluding carboxylic acids is 1. The van der Waals surface area contributed by atoms with Crippen molar-refractivity contribution in [3.8, 4) is 22.6 Å². The summed E-state index contributed by atoms with van der Waals surface area (Å²) in [5.74, 6) is -0.712. The molecular weight excluding hydrogens is 646 g/mol. The van der Waals surface area contributed by atoms with Gasteiger partial charge in [0.05, 0.1) is 33.5 Å². The van der Waals surface area contributed by atoms with Crippen LogP contribution >= 0.6 is 11.6 Å². The second-order valence-electron chi connectivity index (χ2n) is 10.2. The molecule has 1 unspecified atom stereocenters. The standard InChI is InChI=1S/C34H26ClN3O8S/c35-24-17-18-30(37-47(44,45)27-10-6-7-25(20-27)38(42)43)29(19-24)34(41)36-31(21-33(39)40)23-15-13-22(14-16-23)28-11-4-5-12-32(28)46-26-8-2-1-3-9-26/h1-20,31,37H,21H2,(H,36,41)(H,39,40). The molecule has 0 saturated heterocycles. The number of carboxylic acids is 1. The van der Waals surface area contributed by atoms with E-state index in [1.807, 2.05) is 54.6 Å². The van der Waals surface area contributed by atoms with Gasteiger partial charge in [0.2, 0.25) is 0 Å². The molecule has 11 nitrogen and oxygen atoms in total. The molecule has 1 amide bonds. The molecule has 238 valence electrons. The van der Waals surface area contributed by atoms with Crippen LogP contribution in [-0.2, 0) is 14.8 Å². The van der Waals surface area contributed by atoms with Crippen LogP contribution in [-0.4, -0.2) is 30.3 Å². The molecule has 1 atom stereocenters. The van der Waals surface area contributed by atoms with Gasteiger partial charge in [0.15, 0.2) is 0 Å². The monoisotopic (exact) mass is 671 g/mol. The Hall–Kier alpha value is -5.72. The van der Waals surface area contributed by atoms with Gasteiger partial charge in [0.25, 0.3) is 21.6 Å². The quantitative estimate of drug-likeness (QED) is 0.0908. The van der Waals surface area contributed by atoms with Crippen LogP contribution in [0.3, 0.4) is 0 Å². The highest BCUT2D eigenvalue weighted by molar-refractivity contribution is 7.92. The van der Waals surface area contributed by atoms with E-state index < -0.39 is 49.9 Å². The molecule has 5 aromatic carbocycles. The highest BCUT2D eigenvalue weighted by atomic mass is 35.5. The lowest BCUT2D eigenvalue weighted by Gasteiger charge is -2.20. The van der Waals surface area contributed by atoms with Gasteiger partial charge in [-0.05, 0) is 53.6 Å². The SMILES string of the molecule is O=C(O)CC(NC(=O)c1cc(Cl)ccc1NS(=O)(=O)c1cccc([N+](=O)[O-])c1)c1ccc(-c2ccccc2Oc2ccccc2)cc1. The molecule has 47 heavy (non-hydrogen) atoms. The van der Waals surface area contributed by atoms with Crippen molar-refractivity contribution in [1.29, 1.82) is 0 Å². The number of para-hydroxylation sites is 2. The van der Waals surface area contributed by atoms with Gasteiger partial charge in [-0.25, -0.2) is 8.42 Å². The third-order valence-electron chi connectivity index (χ3n) is 6.98. The van der Waals surface area contributed by atoms with Crippen LogP contribution in [0.4, 0.5) is 11.4 Å². The lowest BCUT2D eigenvalue weighted by atomic mass is 9.98. The number of carbonyl (C=O) groups is 2. The van der Waals surface area contributed by atoms with Crippen LogP contribution in [0, 0.1) is 10.1 Å². The fourth-order valence-electron chi connectivity index (χ4n) is 4.73. The molecule has 0 aliphatic heterocycles. The average molecular weight is 672 g/mol. The minimum absolute atomic E-state index is 0.115. The summed E-state index contributed by atoms with van der Waals surface area (Å²) in [5.41, 5.74) is 1.27. The molecule has 0 radical (unpaired) electrons. The molecule has 0 saturated carbocycles. The van der Waals surface area contributed by atoms with E-state index in [1.165, 1.54) is 30.3 Å². The summed E-state index contributed by atoms with van der Waals surface area (Å²) in [4.78, 5) is 35.4. The number of nitro benzene ring substituents is 1. The molecule has 5 aromatic rings. The normalized spacial score (nSPS) is 11.7. The predicted octanol–water partition coefficient (Wildman–Crippen LogP) is 7.45. The fourth-order valence-corrected chi connectivity index (χ4v) is 6.02. The Bertz CT molecular complexity index is 2060. The van der Waals surface area contributed by atoms with Crippen LogP contribution in [0.1, 0.15) is 28.4 Å². The van der Waals surface area contributed by atoms with Gasteiger partial charge in [-0.2, -0.15) is 0 Å². The average Bonchev–Trinajstić information content (AvgIpc) is 3.06. The van der Waals surface area contributed by atoms with Crippen molar-refractivity contribution in [1.82, 2.24) is 5.32 Å². The predicted molar refractivity (Wildman–Crippen MR) is 176 cm³/mol. The smallest absolute Gasteiger partial charge is 0.305 e. The number of halogens is 1. The molecule has 13 heteroatoms. The molecular formula is C34H26ClN3O8S.